The Morgan fingerprint density at radius 1 is 1.22 bits per heavy atom. The molecule has 2 aromatic carbocycles. The Labute approximate surface area is 156 Å². The van der Waals surface area contributed by atoms with Crippen LogP contribution in [0.5, 0.6) is 0 Å². The van der Waals surface area contributed by atoms with E-state index in [0.717, 1.165) is 29.3 Å². The summed E-state index contributed by atoms with van der Waals surface area (Å²) in [7, 11) is 0. The third-order valence-electron chi connectivity index (χ3n) is 4.92. The molecule has 1 saturated carbocycles. The monoisotopic (exact) mass is 373 g/mol. The molecule has 0 heterocycles. The number of carboxylic acid groups (broad SMARTS) is 1. The summed E-state index contributed by atoms with van der Waals surface area (Å²) in [5.74, 6) is -3.94. The molecule has 1 aliphatic carbocycles. The first-order valence-corrected chi connectivity index (χ1v) is 8.86. The van der Waals surface area contributed by atoms with Gasteiger partial charge in [-0.15, -0.1) is 0 Å². The molecular weight excluding hydrogens is 352 g/mol. The first-order valence-electron chi connectivity index (χ1n) is 8.86. The van der Waals surface area contributed by atoms with Gasteiger partial charge in [-0.2, -0.15) is 0 Å². The second kappa shape index (κ2) is 7.86. The lowest BCUT2D eigenvalue weighted by Crippen LogP contribution is -2.35. The number of hydrogen-bond donors (Lipinski definition) is 2. The minimum atomic E-state index is -0.986. The van der Waals surface area contributed by atoms with Crippen molar-refractivity contribution in [1.82, 2.24) is 5.32 Å². The van der Waals surface area contributed by atoms with Crippen LogP contribution in [0.2, 0.25) is 0 Å². The average molecular weight is 373 g/mol. The van der Waals surface area contributed by atoms with Gasteiger partial charge in [0.2, 0.25) is 5.91 Å². The van der Waals surface area contributed by atoms with Crippen LogP contribution in [0.3, 0.4) is 0 Å². The van der Waals surface area contributed by atoms with E-state index in [1.165, 1.54) is 0 Å². The van der Waals surface area contributed by atoms with Gasteiger partial charge < -0.3 is 10.4 Å². The van der Waals surface area contributed by atoms with Gasteiger partial charge in [0, 0.05) is 12.5 Å². The van der Waals surface area contributed by atoms with Crippen LogP contribution in [0, 0.1) is 30.4 Å². The summed E-state index contributed by atoms with van der Waals surface area (Å²) < 4.78 is 27.1. The highest BCUT2D eigenvalue weighted by atomic mass is 19.1. The minimum absolute atomic E-state index is 0.00301. The summed E-state index contributed by atoms with van der Waals surface area (Å²) >= 11 is 0. The fourth-order valence-electron chi connectivity index (χ4n) is 3.35. The summed E-state index contributed by atoms with van der Waals surface area (Å²) in [5, 5.41) is 12.1. The van der Waals surface area contributed by atoms with Crippen LogP contribution in [-0.4, -0.2) is 23.5 Å². The number of amides is 1. The lowest BCUT2D eigenvalue weighted by Gasteiger charge is -2.14. The molecule has 0 aliphatic heterocycles. The minimum Gasteiger partial charge on any atom is -0.481 e. The molecule has 3 rings (SSSR count). The van der Waals surface area contributed by atoms with Crippen molar-refractivity contribution in [2.45, 2.75) is 25.7 Å². The van der Waals surface area contributed by atoms with Crippen LogP contribution in [-0.2, 0) is 16.0 Å². The summed E-state index contributed by atoms with van der Waals surface area (Å²) in [6.07, 6.45) is 0.742. The second-order valence-electron chi connectivity index (χ2n) is 7.09. The van der Waals surface area contributed by atoms with E-state index in [1.54, 1.807) is 0 Å². The highest BCUT2D eigenvalue weighted by molar-refractivity contribution is 5.83. The zero-order valence-corrected chi connectivity index (χ0v) is 14.9. The number of carbonyl (C=O) groups is 2. The quantitative estimate of drug-likeness (QED) is 0.781. The average Bonchev–Trinajstić information content (AvgIpc) is 3.41. The predicted octanol–water partition coefficient (Wildman–Crippen LogP) is 3.44. The Kier molecular flexibility index (Phi) is 5.54. The fraction of sp³-hybridized carbons (Fsp3) is 0.333. The Morgan fingerprint density at radius 2 is 2.00 bits per heavy atom. The van der Waals surface area contributed by atoms with Crippen LogP contribution in [0.4, 0.5) is 8.78 Å². The van der Waals surface area contributed by atoms with E-state index in [9.17, 15) is 23.5 Å². The van der Waals surface area contributed by atoms with Gasteiger partial charge in [-0.3, -0.25) is 9.59 Å². The van der Waals surface area contributed by atoms with Gasteiger partial charge in [0.1, 0.15) is 11.6 Å². The predicted molar refractivity (Wildman–Crippen MR) is 96.2 cm³/mol. The fourth-order valence-corrected chi connectivity index (χ4v) is 3.35. The van der Waals surface area contributed by atoms with Crippen molar-refractivity contribution in [2.24, 2.45) is 11.8 Å². The largest absolute Gasteiger partial charge is 0.481 e. The number of benzene rings is 2. The first-order chi connectivity index (χ1) is 12.8. The third kappa shape index (κ3) is 4.70. The van der Waals surface area contributed by atoms with Crippen molar-refractivity contribution in [3.8, 4) is 0 Å². The molecule has 6 heteroatoms. The van der Waals surface area contributed by atoms with Crippen molar-refractivity contribution in [1.29, 1.82) is 0 Å². The van der Waals surface area contributed by atoms with Crippen LogP contribution in [0.25, 0.3) is 0 Å². The molecule has 0 saturated heterocycles. The van der Waals surface area contributed by atoms with Crippen molar-refractivity contribution in [3.05, 3.63) is 70.8 Å². The number of aliphatic carboxylic acids is 1. The van der Waals surface area contributed by atoms with Gasteiger partial charge in [-0.1, -0.05) is 29.8 Å². The number of hydrogen-bond acceptors (Lipinski definition) is 2. The van der Waals surface area contributed by atoms with Crippen molar-refractivity contribution >= 4 is 11.9 Å². The second-order valence-corrected chi connectivity index (χ2v) is 7.09. The molecule has 2 aromatic rings. The first kappa shape index (κ1) is 19.0. The number of rotatable bonds is 7. The van der Waals surface area contributed by atoms with Crippen molar-refractivity contribution in [2.75, 3.05) is 6.54 Å². The van der Waals surface area contributed by atoms with E-state index in [1.807, 2.05) is 31.2 Å². The number of nitrogens with one attached hydrogen (secondary N) is 1. The van der Waals surface area contributed by atoms with E-state index >= 15 is 0 Å². The Bertz CT molecular complexity index is 868. The van der Waals surface area contributed by atoms with Crippen molar-refractivity contribution in [3.63, 3.8) is 0 Å². The van der Waals surface area contributed by atoms with E-state index in [2.05, 4.69) is 5.32 Å². The van der Waals surface area contributed by atoms with E-state index in [-0.39, 0.29) is 23.9 Å². The SMILES string of the molecule is Cc1cccc(CC(CNC(=O)C2CC2c2cc(F)ccc2F)C(=O)O)c1. The summed E-state index contributed by atoms with van der Waals surface area (Å²) in [4.78, 5) is 23.8. The molecule has 2 N–H and O–H groups in total. The molecule has 3 atom stereocenters. The van der Waals surface area contributed by atoms with Gasteiger partial charge in [0.15, 0.2) is 0 Å². The van der Waals surface area contributed by atoms with Crippen LogP contribution in [0.15, 0.2) is 42.5 Å². The molecule has 0 spiro atoms. The highest BCUT2D eigenvalue weighted by Crippen LogP contribution is 2.48. The van der Waals surface area contributed by atoms with E-state index in [0.29, 0.717) is 12.8 Å². The topological polar surface area (TPSA) is 66.4 Å². The molecule has 3 unspecified atom stereocenters. The maximum atomic E-state index is 13.8. The van der Waals surface area contributed by atoms with Gasteiger partial charge >= 0.3 is 5.97 Å². The zero-order chi connectivity index (χ0) is 19.6. The van der Waals surface area contributed by atoms with Crippen molar-refractivity contribution < 1.29 is 23.5 Å². The maximum Gasteiger partial charge on any atom is 0.308 e. The van der Waals surface area contributed by atoms with Crippen LogP contribution >= 0.6 is 0 Å². The normalized spacial score (nSPS) is 19.4. The molecule has 27 heavy (non-hydrogen) atoms. The highest BCUT2D eigenvalue weighted by Gasteiger charge is 2.45. The Balaban J connectivity index is 1.57. The van der Waals surface area contributed by atoms with Crippen LogP contribution < -0.4 is 5.32 Å². The lowest BCUT2D eigenvalue weighted by molar-refractivity contribution is -0.141. The van der Waals surface area contributed by atoms with E-state index < -0.39 is 29.4 Å². The van der Waals surface area contributed by atoms with Gasteiger partial charge in [-0.05, 0) is 55.0 Å². The van der Waals surface area contributed by atoms with Crippen LogP contribution in [0.1, 0.15) is 29.0 Å². The lowest BCUT2D eigenvalue weighted by atomic mass is 9.98. The van der Waals surface area contributed by atoms with Gasteiger partial charge in [-0.25, -0.2) is 8.78 Å². The summed E-state index contributed by atoms with van der Waals surface area (Å²) in [6.45, 7) is 1.93. The zero-order valence-electron chi connectivity index (χ0n) is 14.9. The standard InChI is InChI=1S/C21H21F2NO3/c1-12-3-2-4-13(7-12)8-14(21(26)27)11-24-20(25)18-10-16(18)17-9-15(22)5-6-19(17)23/h2-7,9,14,16,18H,8,10-11H2,1H3,(H,24,25)(H,26,27). The molecular formula is C21H21F2NO3. The van der Waals surface area contributed by atoms with Gasteiger partial charge in [0.05, 0.1) is 5.92 Å². The molecule has 0 bridgehead atoms. The smallest absolute Gasteiger partial charge is 0.308 e. The van der Waals surface area contributed by atoms with Gasteiger partial charge in [0.25, 0.3) is 0 Å². The molecule has 4 nitrogen and oxygen atoms in total. The Hall–Kier alpha value is -2.76. The number of carbonyl (C=O) groups excluding carboxylic acids is 1. The molecule has 1 amide bonds. The molecule has 1 aliphatic rings. The number of aryl methyl sites for hydroxylation is 1. The summed E-state index contributed by atoms with van der Waals surface area (Å²) in [5.41, 5.74) is 2.13. The molecule has 0 aromatic heterocycles. The maximum absolute atomic E-state index is 13.8. The molecule has 0 radical (unpaired) electrons. The summed E-state index contributed by atoms with van der Waals surface area (Å²) in [6, 6.07) is 10.8. The molecule has 142 valence electrons. The molecule has 1 fully saturated rings. The van der Waals surface area contributed by atoms with E-state index in [4.69, 9.17) is 0 Å². The number of carboxylic acids is 1. The Morgan fingerprint density at radius 3 is 2.70 bits per heavy atom. The third-order valence-corrected chi connectivity index (χ3v) is 4.92. The number of halogens is 2.